The molecule has 2 N–H and O–H groups in total. The van der Waals surface area contributed by atoms with Crippen LogP contribution >= 0.6 is 0 Å². The zero-order valence-electron chi connectivity index (χ0n) is 15.2. The van der Waals surface area contributed by atoms with Gasteiger partial charge < -0.3 is 15.4 Å². The minimum absolute atomic E-state index is 0.246. The molecular formula is C20H22N4O2. The molecule has 0 fully saturated rings. The van der Waals surface area contributed by atoms with E-state index in [-0.39, 0.29) is 6.03 Å². The molecule has 0 saturated carbocycles. The summed E-state index contributed by atoms with van der Waals surface area (Å²) in [5.74, 6) is 0.815. The Labute approximate surface area is 152 Å². The van der Waals surface area contributed by atoms with Gasteiger partial charge in [0, 0.05) is 12.2 Å². The van der Waals surface area contributed by atoms with Gasteiger partial charge in [0.25, 0.3) is 0 Å². The molecule has 0 aliphatic rings. The highest BCUT2D eigenvalue weighted by molar-refractivity contribution is 5.91. The van der Waals surface area contributed by atoms with Gasteiger partial charge in [-0.25, -0.2) is 14.8 Å². The largest absolute Gasteiger partial charge is 0.497 e. The van der Waals surface area contributed by atoms with Gasteiger partial charge in [-0.1, -0.05) is 12.1 Å². The summed E-state index contributed by atoms with van der Waals surface area (Å²) in [6.07, 6.45) is 0.728. The fourth-order valence-corrected chi connectivity index (χ4v) is 2.63. The van der Waals surface area contributed by atoms with Crippen molar-refractivity contribution in [2.45, 2.75) is 20.3 Å². The highest BCUT2D eigenvalue weighted by atomic mass is 16.5. The van der Waals surface area contributed by atoms with Crippen molar-refractivity contribution >= 4 is 22.8 Å². The maximum atomic E-state index is 12.1. The van der Waals surface area contributed by atoms with Gasteiger partial charge in [0.05, 0.1) is 29.5 Å². The number of aryl methyl sites for hydroxylation is 2. The zero-order valence-corrected chi connectivity index (χ0v) is 15.2. The number of methoxy groups -OCH3 is 1. The smallest absolute Gasteiger partial charge is 0.319 e. The molecule has 0 unspecified atom stereocenters. The van der Waals surface area contributed by atoms with Crippen LogP contribution in [0, 0.1) is 13.8 Å². The minimum Gasteiger partial charge on any atom is -0.497 e. The predicted molar refractivity (Wildman–Crippen MR) is 103 cm³/mol. The molecule has 3 aromatic rings. The fourth-order valence-electron chi connectivity index (χ4n) is 2.63. The van der Waals surface area contributed by atoms with E-state index < -0.39 is 0 Å². The first-order valence-electron chi connectivity index (χ1n) is 8.48. The third kappa shape index (κ3) is 4.27. The summed E-state index contributed by atoms with van der Waals surface area (Å²) in [5.41, 5.74) is 5.18. The van der Waals surface area contributed by atoms with Crippen molar-refractivity contribution in [1.29, 1.82) is 0 Å². The lowest BCUT2D eigenvalue weighted by atomic mass is 10.1. The third-order valence-corrected chi connectivity index (χ3v) is 4.17. The number of nitrogens with zero attached hydrogens (tertiary/aromatic N) is 2. The Morgan fingerprint density at radius 1 is 1.04 bits per heavy atom. The van der Waals surface area contributed by atoms with E-state index in [0.717, 1.165) is 40.2 Å². The molecule has 3 rings (SSSR count). The summed E-state index contributed by atoms with van der Waals surface area (Å²) in [7, 11) is 1.64. The van der Waals surface area contributed by atoms with Gasteiger partial charge in [0.2, 0.25) is 0 Å². The number of carbonyl (C=O) groups is 1. The number of fused-ring (bicyclic) bond motifs is 1. The number of anilines is 1. The molecular weight excluding hydrogens is 328 g/mol. The van der Waals surface area contributed by atoms with Crippen molar-refractivity contribution in [2.24, 2.45) is 0 Å². The number of aromatic nitrogens is 2. The lowest BCUT2D eigenvalue weighted by Gasteiger charge is -2.09. The van der Waals surface area contributed by atoms with Gasteiger partial charge in [-0.15, -0.1) is 0 Å². The Kier molecular flexibility index (Phi) is 5.31. The number of carbonyl (C=O) groups excluding carboxylic acids is 1. The van der Waals surface area contributed by atoms with Crippen LogP contribution in [0.2, 0.25) is 0 Å². The molecule has 0 spiro atoms. The van der Waals surface area contributed by atoms with Crippen LogP contribution < -0.4 is 15.4 Å². The van der Waals surface area contributed by atoms with Crippen molar-refractivity contribution in [3.63, 3.8) is 0 Å². The van der Waals surface area contributed by atoms with Gasteiger partial charge in [-0.2, -0.15) is 0 Å². The second-order valence-corrected chi connectivity index (χ2v) is 6.08. The van der Waals surface area contributed by atoms with Crippen molar-refractivity contribution in [3.05, 3.63) is 59.4 Å². The van der Waals surface area contributed by atoms with E-state index in [4.69, 9.17) is 4.74 Å². The summed E-state index contributed by atoms with van der Waals surface area (Å²) in [6.45, 7) is 4.39. The summed E-state index contributed by atoms with van der Waals surface area (Å²) in [5, 5.41) is 5.69. The Morgan fingerprint density at radius 2 is 1.81 bits per heavy atom. The monoisotopic (exact) mass is 350 g/mol. The van der Waals surface area contributed by atoms with Crippen LogP contribution in [0.4, 0.5) is 10.5 Å². The van der Waals surface area contributed by atoms with Crippen LogP contribution in [-0.4, -0.2) is 29.7 Å². The summed E-state index contributed by atoms with van der Waals surface area (Å²) in [6, 6.07) is 13.1. The maximum absolute atomic E-state index is 12.1. The average molecular weight is 350 g/mol. The first-order chi connectivity index (χ1) is 12.5. The van der Waals surface area contributed by atoms with E-state index in [1.807, 2.05) is 56.3 Å². The topological polar surface area (TPSA) is 76.1 Å². The molecule has 0 radical (unpaired) electrons. The predicted octanol–water partition coefficient (Wildman–Crippen LogP) is 3.62. The maximum Gasteiger partial charge on any atom is 0.319 e. The second kappa shape index (κ2) is 7.82. The molecule has 6 heteroatoms. The van der Waals surface area contributed by atoms with Gasteiger partial charge in [0.15, 0.2) is 0 Å². The zero-order chi connectivity index (χ0) is 18.5. The van der Waals surface area contributed by atoms with E-state index in [0.29, 0.717) is 12.2 Å². The molecule has 1 heterocycles. The van der Waals surface area contributed by atoms with Crippen LogP contribution in [0.1, 0.15) is 17.0 Å². The average Bonchev–Trinajstić information content (AvgIpc) is 2.63. The van der Waals surface area contributed by atoms with Gasteiger partial charge in [-0.05, 0) is 56.2 Å². The van der Waals surface area contributed by atoms with E-state index in [1.165, 1.54) is 0 Å². The van der Waals surface area contributed by atoms with Crippen molar-refractivity contribution in [3.8, 4) is 5.75 Å². The van der Waals surface area contributed by atoms with Crippen LogP contribution in [0.5, 0.6) is 5.75 Å². The molecule has 0 saturated heterocycles. The van der Waals surface area contributed by atoms with Crippen molar-refractivity contribution in [2.75, 3.05) is 19.0 Å². The standard InChI is InChI=1S/C20H22N4O2/c1-13-14(2)23-19-12-16(7-8-18(19)22-13)24-20(25)21-10-9-15-5-4-6-17(11-15)26-3/h4-8,11-12H,9-10H2,1-3H3,(H2,21,24,25). The quantitative estimate of drug-likeness (QED) is 0.737. The Bertz CT molecular complexity index is 940. The Balaban J connectivity index is 1.57. The van der Waals surface area contributed by atoms with E-state index >= 15 is 0 Å². The van der Waals surface area contributed by atoms with Gasteiger partial charge in [0.1, 0.15) is 5.75 Å². The van der Waals surface area contributed by atoms with Crippen molar-refractivity contribution < 1.29 is 9.53 Å². The minimum atomic E-state index is -0.246. The number of hydrogen-bond acceptors (Lipinski definition) is 4. The second-order valence-electron chi connectivity index (χ2n) is 6.08. The normalized spacial score (nSPS) is 10.6. The number of rotatable bonds is 5. The highest BCUT2D eigenvalue weighted by Gasteiger charge is 2.06. The SMILES string of the molecule is COc1cccc(CCNC(=O)Nc2ccc3nc(C)c(C)nc3c2)c1. The summed E-state index contributed by atoms with van der Waals surface area (Å²) < 4.78 is 5.20. The number of ether oxygens (including phenoxy) is 1. The lowest BCUT2D eigenvalue weighted by Crippen LogP contribution is -2.30. The summed E-state index contributed by atoms with van der Waals surface area (Å²) in [4.78, 5) is 21.1. The number of nitrogens with one attached hydrogen (secondary N) is 2. The number of amides is 2. The highest BCUT2D eigenvalue weighted by Crippen LogP contribution is 2.17. The fraction of sp³-hybridized carbons (Fsp3) is 0.250. The van der Waals surface area contributed by atoms with Crippen molar-refractivity contribution in [1.82, 2.24) is 15.3 Å². The number of hydrogen-bond donors (Lipinski definition) is 2. The van der Waals surface area contributed by atoms with E-state index in [2.05, 4.69) is 20.6 Å². The van der Waals surface area contributed by atoms with Crippen LogP contribution in [-0.2, 0) is 6.42 Å². The molecule has 1 aromatic heterocycles. The molecule has 2 aromatic carbocycles. The molecule has 6 nitrogen and oxygen atoms in total. The summed E-state index contributed by atoms with van der Waals surface area (Å²) >= 11 is 0. The molecule has 134 valence electrons. The molecule has 0 bridgehead atoms. The van der Waals surface area contributed by atoms with Crippen LogP contribution in [0.3, 0.4) is 0 Å². The first-order valence-corrected chi connectivity index (χ1v) is 8.48. The van der Waals surface area contributed by atoms with E-state index in [9.17, 15) is 4.79 Å². The molecule has 26 heavy (non-hydrogen) atoms. The molecule has 0 atom stereocenters. The number of urea groups is 1. The molecule has 2 amide bonds. The van der Waals surface area contributed by atoms with Gasteiger partial charge >= 0.3 is 6.03 Å². The first kappa shape index (κ1) is 17.7. The molecule has 0 aliphatic carbocycles. The van der Waals surface area contributed by atoms with E-state index in [1.54, 1.807) is 7.11 Å². The van der Waals surface area contributed by atoms with Crippen LogP contribution in [0.25, 0.3) is 11.0 Å². The van der Waals surface area contributed by atoms with Crippen LogP contribution in [0.15, 0.2) is 42.5 Å². The van der Waals surface area contributed by atoms with Gasteiger partial charge in [-0.3, -0.25) is 0 Å². The lowest BCUT2D eigenvalue weighted by molar-refractivity contribution is 0.252. The Hall–Kier alpha value is -3.15. The Morgan fingerprint density at radius 3 is 2.58 bits per heavy atom. The molecule has 0 aliphatic heterocycles. The number of benzene rings is 2. The third-order valence-electron chi connectivity index (χ3n) is 4.17.